The van der Waals surface area contributed by atoms with Crippen LogP contribution in [-0.4, -0.2) is 86.7 Å². The Labute approximate surface area is 301 Å². The minimum Gasteiger partial charge on any atom is -0.481 e. The summed E-state index contributed by atoms with van der Waals surface area (Å²) in [7, 11) is -4.09. The molecular weight excluding hydrogens is 695 g/mol. The predicted octanol–water partition coefficient (Wildman–Crippen LogP) is 5.82. The second kappa shape index (κ2) is 13.3. The summed E-state index contributed by atoms with van der Waals surface area (Å²) in [5.74, 6) is -1.91. The molecule has 52 heavy (non-hydrogen) atoms. The minimum atomic E-state index is -4.09. The largest absolute Gasteiger partial charge is 0.481 e. The smallest absolute Gasteiger partial charge is 0.310 e. The van der Waals surface area contributed by atoms with Gasteiger partial charge in [0.2, 0.25) is 27.6 Å². The van der Waals surface area contributed by atoms with Gasteiger partial charge in [0.1, 0.15) is 17.1 Å². The molecule has 2 fully saturated rings. The van der Waals surface area contributed by atoms with E-state index >= 15 is 0 Å². The first-order valence-corrected chi connectivity index (χ1v) is 19.1. The van der Waals surface area contributed by atoms with E-state index < -0.39 is 45.2 Å². The third-order valence-electron chi connectivity index (χ3n) is 10.9. The molecule has 1 aromatic carbocycles. The molecule has 0 unspecified atom stereocenters. The number of aromatic nitrogens is 4. The lowest BCUT2D eigenvalue weighted by Crippen LogP contribution is -2.38. The van der Waals surface area contributed by atoms with Crippen LogP contribution in [0.4, 0.5) is 8.78 Å². The normalized spacial score (nSPS) is 19.1. The van der Waals surface area contributed by atoms with E-state index in [4.69, 9.17) is 9.47 Å². The number of rotatable bonds is 11. The van der Waals surface area contributed by atoms with Gasteiger partial charge in [-0.1, -0.05) is 18.2 Å². The van der Waals surface area contributed by atoms with Crippen molar-refractivity contribution in [2.75, 3.05) is 32.8 Å². The Bertz CT molecular complexity index is 2150. The van der Waals surface area contributed by atoms with Crippen molar-refractivity contribution in [2.24, 2.45) is 5.41 Å². The highest BCUT2D eigenvalue weighted by Crippen LogP contribution is 2.48. The van der Waals surface area contributed by atoms with E-state index in [2.05, 4.69) is 20.1 Å². The number of aryl methyl sites for hydroxylation is 3. The number of pyridine rings is 2. The van der Waals surface area contributed by atoms with Crippen molar-refractivity contribution >= 4 is 21.6 Å². The van der Waals surface area contributed by atoms with E-state index in [1.807, 2.05) is 25.1 Å². The standard InChI is InChI=1S/C37H44F2N6O6S/c1-22-8-9-25(29(36(4,5)35(46)47)27-10-15-45-31(24(27)3)41-42-32(45)30(38)39)19-26(22)20-44-21-37(11-12-37)51-34-28(52(44,48)49)18-23(2)33(40-34)50-17-16-43-13-6-7-14-43/h8-10,15,18-19,29-30H,6-7,11-14,16-17,20-21H2,1-5H3,(H,46,47)/t29-/m0/s1. The van der Waals surface area contributed by atoms with E-state index in [0.717, 1.165) is 25.2 Å². The van der Waals surface area contributed by atoms with Gasteiger partial charge < -0.3 is 14.6 Å². The van der Waals surface area contributed by atoms with Gasteiger partial charge in [0, 0.05) is 30.8 Å². The number of benzene rings is 1. The summed E-state index contributed by atoms with van der Waals surface area (Å²) in [4.78, 5) is 19.7. The van der Waals surface area contributed by atoms with Gasteiger partial charge in [-0.25, -0.2) is 17.2 Å². The van der Waals surface area contributed by atoms with E-state index in [-0.39, 0.29) is 29.5 Å². The Morgan fingerprint density at radius 3 is 2.48 bits per heavy atom. The van der Waals surface area contributed by atoms with Gasteiger partial charge in [0.05, 0.1) is 12.0 Å². The van der Waals surface area contributed by atoms with Crippen molar-refractivity contribution in [3.05, 3.63) is 75.7 Å². The molecular formula is C37H44F2N6O6S. The molecule has 5 heterocycles. The first kappa shape index (κ1) is 36.2. The first-order chi connectivity index (χ1) is 24.6. The maximum Gasteiger partial charge on any atom is 0.310 e. The van der Waals surface area contributed by atoms with Crippen molar-refractivity contribution < 1.29 is 36.6 Å². The highest BCUT2D eigenvalue weighted by Gasteiger charge is 2.53. The zero-order chi connectivity index (χ0) is 37.2. The molecule has 3 aliphatic rings. The van der Waals surface area contributed by atoms with Crippen LogP contribution < -0.4 is 9.47 Å². The lowest BCUT2D eigenvalue weighted by Gasteiger charge is -2.33. The lowest BCUT2D eigenvalue weighted by molar-refractivity contribution is -0.147. The molecule has 4 aromatic rings. The number of fused-ring (bicyclic) bond motifs is 2. The van der Waals surface area contributed by atoms with Gasteiger partial charge in [-0.2, -0.15) is 9.29 Å². The number of hydrogen-bond acceptors (Lipinski definition) is 9. The second-order valence-corrected chi connectivity index (χ2v) is 16.9. The fourth-order valence-corrected chi connectivity index (χ4v) is 9.10. The topological polar surface area (TPSA) is 139 Å². The van der Waals surface area contributed by atoms with Gasteiger partial charge in [-0.3, -0.25) is 14.1 Å². The fraction of sp³-hybridized carbons (Fsp3) is 0.514. The summed E-state index contributed by atoms with van der Waals surface area (Å²) in [5.41, 5.74) is 1.98. The van der Waals surface area contributed by atoms with E-state index in [9.17, 15) is 27.1 Å². The molecule has 15 heteroatoms. The molecule has 1 atom stereocenters. The van der Waals surface area contributed by atoms with Gasteiger partial charge in [-0.15, -0.1) is 10.2 Å². The summed E-state index contributed by atoms with van der Waals surface area (Å²) in [5, 5.41) is 18.1. The number of carboxylic acid groups (broad SMARTS) is 1. The number of carboxylic acids is 1. The van der Waals surface area contributed by atoms with E-state index in [1.165, 1.54) is 27.7 Å². The van der Waals surface area contributed by atoms with Crippen molar-refractivity contribution in [2.45, 2.75) is 89.7 Å². The molecule has 1 spiro atoms. The molecule has 3 aromatic heterocycles. The van der Waals surface area contributed by atoms with E-state index in [1.54, 1.807) is 39.8 Å². The number of halogens is 2. The molecule has 12 nitrogen and oxygen atoms in total. The molecule has 0 radical (unpaired) electrons. The number of carbonyl (C=O) groups is 1. The van der Waals surface area contributed by atoms with Crippen molar-refractivity contribution in [1.29, 1.82) is 0 Å². The SMILES string of the molecule is Cc1ccc([C@@H](c2ccn3c(C(F)F)nnc3c2C)C(C)(C)C(=O)O)cc1CN1CC2(CC2)Oc2nc(OCCN3CCCC3)c(C)cc2S1(=O)=O. The predicted molar refractivity (Wildman–Crippen MR) is 187 cm³/mol. The number of alkyl halides is 2. The fourth-order valence-electron chi connectivity index (χ4n) is 7.48. The maximum atomic E-state index is 14.4. The van der Waals surface area contributed by atoms with Crippen molar-refractivity contribution in [1.82, 2.24) is 28.8 Å². The van der Waals surface area contributed by atoms with Gasteiger partial charge in [-0.05, 0) is 113 Å². The van der Waals surface area contributed by atoms with E-state index in [0.29, 0.717) is 53.1 Å². The molecule has 1 saturated heterocycles. The Kier molecular flexibility index (Phi) is 9.27. The Hall–Kier alpha value is -4.21. The Morgan fingerprint density at radius 2 is 1.81 bits per heavy atom. The molecule has 1 N–H and O–H groups in total. The molecule has 1 aliphatic carbocycles. The van der Waals surface area contributed by atoms with Crippen molar-refractivity contribution in [3.63, 3.8) is 0 Å². The Morgan fingerprint density at radius 1 is 1.08 bits per heavy atom. The highest BCUT2D eigenvalue weighted by atomic mass is 32.2. The molecule has 2 aliphatic heterocycles. The number of sulfonamides is 1. The number of aliphatic carboxylic acids is 1. The number of nitrogens with zero attached hydrogens (tertiary/aromatic N) is 6. The quantitative estimate of drug-likeness (QED) is 0.200. The molecule has 0 bridgehead atoms. The maximum absolute atomic E-state index is 14.4. The summed E-state index contributed by atoms with van der Waals surface area (Å²) < 4.78 is 71.2. The molecule has 7 rings (SSSR count). The van der Waals surface area contributed by atoms with Crippen LogP contribution in [0.1, 0.15) is 91.1 Å². The summed E-state index contributed by atoms with van der Waals surface area (Å²) >= 11 is 0. The second-order valence-electron chi connectivity index (χ2n) is 15.0. The van der Waals surface area contributed by atoms with Crippen LogP contribution in [0.25, 0.3) is 5.65 Å². The minimum absolute atomic E-state index is 0.0137. The summed E-state index contributed by atoms with van der Waals surface area (Å²) in [6, 6.07) is 8.76. The van der Waals surface area contributed by atoms with Crippen LogP contribution in [0.5, 0.6) is 11.8 Å². The number of hydrogen-bond donors (Lipinski definition) is 1. The summed E-state index contributed by atoms with van der Waals surface area (Å²) in [6.45, 7) is 12.0. The lowest BCUT2D eigenvalue weighted by atomic mass is 9.70. The molecule has 1 saturated carbocycles. The average Bonchev–Trinajstić information content (AvgIpc) is 3.44. The van der Waals surface area contributed by atoms with Crippen LogP contribution in [0.15, 0.2) is 41.4 Å². The third-order valence-corrected chi connectivity index (χ3v) is 12.7. The number of likely N-dealkylation sites (tertiary alicyclic amines) is 1. The average molecular weight is 739 g/mol. The summed E-state index contributed by atoms with van der Waals surface area (Å²) in [6.07, 6.45) is 2.30. The number of ether oxygens (including phenoxy) is 2. The van der Waals surface area contributed by atoms with Gasteiger partial charge >= 0.3 is 5.97 Å². The first-order valence-electron chi connectivity index (χ1n) is 17.6. The molecule has 278 valence electrons. The van der Waals surface area contributed by atoms with Crippen LogP contribution >= 0.6 is 0 Å². The van der Waals surface area contributed by atoms with Gasteiger partial charge in [0.25, 0.3) is 6.43 Å². The zero-order valence-corrected chi connectivity index (χ0v) is 30.8. The monoisotopic (exact) mass is 738 g/mol. The zero-order valence-electron chi connectivity index (χ0n) is 30.0. The van der Waals surface area contributed by atoms with Gasteiger partial charge in [0.15, 0.2) is 5.65 Å². The van der Waals surface area contributed by atoms with Crippen LogP contribution in [0, 0.1) is 26.2 Å². The Balaban J connectivity index is 1.23. The molecule has 0 amide bonds. The van der Waals surface area contributed by atoms with Crippen LogP contribution in [-0.2, 0) is 21.4 Å². The van der Waals surface area contributed by atoms with Crippen LogP contribution in [0.2, 0.25) is 0 Å². The highest BCUT2D eigenvalue weighted by molar-refractivity contribution is 7.89. The third kappa shape index (κ3) is 6.51. The van der Waals surface area contributed by atoms with Crippen molar-refractivity contribution in [3.8, 4) is 11.8 Å². The van der Waals surface area contributed by atoms with Crippen LogP contribution in [0.3, 0.4) is 0 Å².